The van der Waals surface area contributed by atoms with Crippen molar-refractivity contribution >= 4 is 5.97 Å². The molecule has 4 nitrogen and oxygen atoms in total. The molecule has 0 saturated carbocycles. The fourth-order valence-electron chi connectivity index (χ4n) is 2.40. The summed E-state index contributed by atoms with van der Waals surface area (Å²) in [5.74, 6) is -0.249. The first-order valence-electron chi connectivity index (χ1n) is 6.64. The number of ether oxygens (including phenoxy) is 2. The van der Waals surface area contributed by atoms with Gasteiger partial charge in [0.05, 0.1) is 18.8 Å². The Bertz CT molecular complexity index is 313. The minimum atomic E-state index is -0.814. The number of esters is 1. The predicted molar refractivity (Wildman–Crippen MR) is 69.1 cm³/mol. The maximum absolute atomic E-state index is 11.3. The van der Waals surface area contributed by atoms with Crippen molar-refractivity contribution in [2.24, 2.45) is 5.92 Å². The number of rotatable bonds is 4. The van der Waals surface area contributed by atoms with Gasteiger partial charge in [-0.2, -0.15) is 0 Å². The van der Waals surface area contributed by atoms with Gasteiger partial charge in [-0.1, -0.05) is 13.8 Å². The molecule has 18 heavy (non-hydrogen) atoms. The van der Waals surface area contributed by atoms with Crippen LogP contribution >= 0.6 is 0 Å². The predicted octanol–water partition coefficient (Wildman–Crippen LogP) is 2.06. The Hall–Kier alpha value is -0.870. The number of aliphatic hydroxyl groups is 1. The Morgan fingerprint density at radius 3 is 2.78 bits per heavy atom. The molecule has 1 N–H and O–H groups in total. The van der Waals surface area contributed by atoms with Gasteiger partial charge in [0.1, 0.15) is 5.60 Å². The second kappa shape index (κ2) is 6.34. The third-order valence-electron chi connectivity index (χ3n) is 3.47. The molecule has 0 aromatic heterocycles. The van der Waals surface area contributed by atoms with Gasteiger partial charge in [0, 0.05) is 6.08 Å². The van der Waals surface area contributed by atoms with Gasteiger partial charge in [-0.15, -0.1) is 0 Å². The number of hydrogen-bond acceptors (Lipinski definition) is 4. The molecule has 1 saturated heterocycles. The number of hydrogen-bond donors (Lipinski definition) is 1. The largest absolute Gasteiger partial charge is 0.463 e. The summed E-state index contributed by atoms with van der Waals surface area (Å²) in [4.78, 5) is 11.3. The van der Waals surface area contributed by atoms with Crippen LogP contribution < -0.4 is 0 Å². The van der Waals surface area contributed by atoms with Crippen molar-refractivity contribution in [2.75, 3.05) is 6.61 Å². The van der Waals surface area contributed by atoms with Gasteiger partial charge >= 0.3 is 5.97 Å². The third kappa shape index (κ3) is 3.56. The molecule has 1 heterocycles. The molecule has 0 radical (unpaired) electrons. The van der Waals surface area contributed by atoms with Crippen molar-refractivity contribution in [3.05, 3.63) is 12.2 Å². The smallest absolute Gasteiger partial charge is 0.330 e. The molecule has 0 unspecified atom stereocenters. The normalized spacial score (nSPS) is 36.8. The van der Waals surface area contributed by atoms with E-state index in [2.05, 4.69) is 6.92 Å². The van der Waals surface area contributed by atoms with Gasteiger partial charge < -0.3 is 14.6 Å². The Morgan fingerprint density at radius 1 is 1.56 bits per heavy atom. The fourth-order valence-corrected chi connectivity index (χ4v) is 2.40. The van der Waals surface area contributed by atoms with E-state index < -0.39 is 17.7 Å². The SMILES string of the molecule is CCOC(=O)/C=C/[C@@]1(C)O[C@@H](CC)C[C@@H](C)[C@@H]1O. The van der Waals surface area contributed by atoms with Crippen molar-refractivity contribution in [3.8, 4) is 0 Å². The lowest BCUT2D eigenvalue weighted by Crippen LogP contribution is -2.51. The Balaban J connectivity index is 2.77. The Labute approximate surface area is 109 Å². The van der Waals surface area contributed by atoms with Crippen LogP contribution in [0.4, 0.5) is 0 Å². The first-order valence-corrected chi connectivity index (χ1v) is 6.64. The molecule has 4 heteroatoms. The topological polar surface area (TPSA) is 55.8 Å². The van der Waals surface area contributed by atoms with E-state index in [1.54, 1.807) is 13.0 Å². The average molecular weight is 256 g/mol. The summed E-state index contributed by atoms with van der Waals surface area (Å²) in [5.41, 5.74) is -0.814. The van der Waals surface area contributed by atoms with E-state index in [4.69, 9.17) is 9.47 Å². The molecule has 0 amide bonds. The van der Waals surface area contributed by atoms with Gasteiger partial charge in [-0.3, -0.25) is 0 Å². The summed E-state index contributed by atoms with van der Waals surface area (Å²) in [6.07, 6.45) is 4.23. The summed E-state index contributed by atoms with van der Waals surface area (Å²) >= 11 is 0. The minimum Gasteiger partial charge on any atom is -0.463 e. The van der Waals surface area contributed by atoms with Crippen LogP contribution in [0, 0.1) is 5.92 Å². The Morgan fingerprint density at radius 2 is 2.22 bits per heavy atom. The molecular weight excluding hydrogens is 232 g/mol. The van der Waals surface area contributed by atoms with Gasteiger partial charge in [-0.25, -0.2) is 4.79 Å². The van der Waals surface area contributed by atoms with Crippen molar-refractivity contribution < 1.29 is 19.4 Å². The van der Waals surface area contributed by atoms with E-state index in [1.807, 2.05) is 13.8 Å². The summed E-state index contributed by atoms with van der Waals surface area (Å²) in [5, 5.41) is 10.2. The van der Waals surface area contributed by atoms with Crippen LogP contribution in [0.5, 0.6) is 0 Å². The van der Waals surface area contributed by atoms with Gasteiger partial charge in [0.15, 0.2) is 0 Å². The fraction of sp³-hybridized carbons (Fsp3) is 0.786. The van der Waals surface area contributed by atoms with Crippen LogP contribution in [0.15, 0.2) is 12.2 Å². The lowest BCUT2D eigenvalue weighted by molar-refractivity contribution is -0.176. The van der Waals surface area contributed by atoms with Gasteiger partial charge in [-0.05, 0) is 38.7 Å². The van der Waals surface area contributed by atoms with Crippen molar-refractivity contribution in [1.82, 2.24) is 0 Å². The lowest BCUT2D eigenvalue weighted by atomic mass is 9.81. The van der Waals surface area contributed by atoms with Crippen molar-refractivity contribution in [1.29, 1.82) is 0 Å². The highest BCUT2D eigenvalue weighted by Gasteiger charge is 2.42. The molecule has 0 spiro atoms. The minimum absolute atomic E-state index is 0.125. The first-order chi connectivity index (χ1) is 8.42. The van der Waals surface area contributed by atoms with Crippen LogP contribution in [0.25, 0.3) is 0 Å². The molecule has 0 aromatic rings. The molecule has 4 atom stereocenters. The van der Waals surface area contributed by atoms with E-state index in [0.717, 1.165) is 12.8 Å². The van der Waals surface area contributed by atoms with Gasteiger partial charge in [0.2, 0.25) is 0 Å². The number of aliphatic hydroxyl groups excluding tert-OH is 1. The molecule has 0 bridgehead atoms. The molecule has 1 fully saturated rings. The standard InChI is InChI=1S/C14H24O4/c1-5-11-9-10(3)13(16)14(4,18-11)8-7-12(15)17-6-2/h7-8,10-11,13,16H,5-6,9H2,1-4H3/b8-7+/t10-,11+,13+,14-/m1/s1. The second-order valence-corrected chi connectivity index (χ2v) is 5.08. The molecule has 0 aliphatic carbocycles. The van der Waals surface area contributed by atoms with Crippen LogP contribution in [-0.2, 0) is 14.3 Å². The van der Waals surface area contributed by atoms with E-state index in [-0.39, 0.29) is 12.0 Å². The van der Waals surface area contributed by atoms with Crippen LogP contribution in [0.1, 0.15) is 40.5 Å². The molecule has 1 aliphatic rings. The molecule has 1 rings (SSSR count). The van der Waals surface area contributed by atoms with Crippen LogP contribution in [0.2, 0.25) is 0 Å². The molecule has 104 valence electrons. The summed E-state index contributed by atoms with van der Waals surface area (Å²) in [6.45, 7) is 7.98. The highest BCUT2D eigenvalue weighted by atomic mass is 16.5. The highest BCUT2D eigenvalue weighted by Crippen LogP contribution is 2.35. The molecular formula is C14H24O4. The van der Waals surface area contributed by atoms with Crippen LogP contribution in [-0.4, -0.2) is 35.5 Å². The zero-order valence-electron chi connectivity index (χ0n) is 11.7. The maximum Gasteiger partial charge on any atom is 0.330 e. The van der Waals surface area contributed by atoms with E-state index >= 15 is 0 Å². The van der Waals surface area contributed by atoms with E-state index in [9.17, 15) is 9.90 Å². The first kappa shape index (κ1) is 15.2. The quantitative estimate of drug-likeness (QED) is 0.618. The molecule has 1 aliphatic heterocycles. The van der Waals surface area contributed by atoms with Crippen molar-refractivity contribution in [2.45, 2.75) is 58.3 Å². The van der Waals surface area contributed by atoms with Crippen LogP contribution in [0.3, 0.4) is 0 Å². The average Bonchev–Trinajstić information content (AvgIpc) is 2.33. The molecule has 0 aromatic carbocycles. The van der Waals surface area contributed by atoms with Crippen molar-refractivity contribution in [3.63, 3.8) is 0 Å². The van der Waals surface area contributed by atoms with E-state index in [0.29, 0.717) is 6.61 Å². The summed E-state index contributed by atoms with van der Waals surface area (Å²) < 4.78 is 10.7. The second-order valence-electron chi connectivity index (χ2n) is 5.08. The zero-order chi connectivity index (χ0) is 13.8. The van der Waals surface area contributed by atoms with Gasteiger partial charge in [0.25, 0.3) is 0 Å². The maximum atomic E-state index is 11.3. The number of carbonyl (C=O) groups is 1. The lowest BCUT2D eigenvalue weighted by Gasteiger charge is -2.44. The number of carbonyl (C=O) groups excluding carboxylic acids is 1. The third-order valence-corrected chi connectivity index (χ3v) is 3.47. The zero-order valence-corrected chi connectivity index (χ0v) is 11.7. The Kier molecular flexibility index (Phi) is 5.35. The highest BCUT2D eigenvalue weighted by molar-refractivity contribution is 5.82. The monoisotopic (exact) mass is 256 g/mol. The van der Waals surface area contributed by atoms with E-state index in [1.165, 1.54) is 6.08 Å². The summed E-state index contributed by atoms with van der Waals surface area (Å²) in [7, 11) is 0. The summed E-state index contributed by atoms with van der Waals surface area (Å²) in [6, 6.07) is 0.